The Hall–Kier alpha value is -0.870. The minimum absolute atomic E-state index is 0.0635. The Balaban J connectivity index is 2.64. The summed E-state index contributed by atoms with van der Waals surface area (Å²) in [6.45, 7) is 12.1. The number of aliphatic hydroxyl groups is 1. The summed E-state index contributed by atoms with van der Waals surface area (Å²) in [5.74, 6) is 1.29. The monoisotopic (exact) mass is 408 g/mol. The van der Waals surface area contributed by atoms with Gasteiger partial charge in [0.05, 0.1) is 6.10 Å². The van der Waals surface area contributed by atoms with Crippen LogP contribution in [0.2, 0.25) is 0 Å². The molecule has 1 amide bonds. The highest BCUT2D eigenvalue weighted by molar-refractivity contribution is 5.78. The fourth-order valence-corrected chi connectivity index (χ4v) is 4.46. The van der Waals surface area contributed by atoms with Gasteiger partial charge < -0.3 is 15.7 Å². The Morgan fingerprint density at radius 3 is 2.52 bits per heavy atom. The molecule has 1 rings (SSSR count). The molecule has 3 unspecified atom stereocenters. The highest BCUT2D eigenvalue weighted by atomic mass is 16.3. The van der Waals surface area contributed by atoms with Crippen molar-refractivity contribution in [3.63, 3.8) is 0 Å². The average Bonchev–Trinajstić information content (AvgIpc) is 2.70. The first-order chi connectivity index (χ1) is 14.0. The lowest BCUT2D eigenvalue weighted by Gasteiger charge is -2.32. The molecule has 29 heavy (non-hydrogen) atoms. The van der Waals surface area contributed by atoms with Crippen molar-refractivity contribution in [2.45, 2.75) is 110 Å². The maximum absolute atomic E-state index is 12.6. The normalized spacial score (nSPS) is 18.4. The second kappa shape index (κ2) is 15.9. The predicted octanol–water partition coefficient (Wildman–Crippen LogP) is 5.21. The number of unbranched alkanes of at least 4 members (excludes halogenated alkanes) is 1. The van der Waals surface area contributed by atoms with E-state index in [4.69, 9.17) is 0 Å². The molecule has 0 aliphatic heterocycles. The molecule has 4 nitrogen and oxygen atoms in total. The number of amides is 1. The lowest BCUT2D eigenvalue weighted by Crippen LogP contribution is -2.44. The Labute approximate surface area is 180 Å². The van der Waals surface area contributed by atoms with Crippen LogP contribution in [0, 0.1) is 17.8 Å². The number of nitrogens with one attached hydrogen (secondary N) is 2. The quantitative estimate of drug-likeness (QED) is 0.243. The van der Waals surface area contributed by atoms with Gasteiger partial charge in [0.2, 0.25) is 5.91 Å². The molecular weight excluding hydrogens is 360 g/mol. The lowest BCUT2D eigenvalue weighted by molar-refractivity contribution is -0.126. The molecule has 1 saturated carbocycles. The van der Waals surface area contributed by atoms with Crippen LogP contribution in [0.4, 0.5) is 0 Å². The van der Waals surface area contributed by atoms with Gasteiger partial charge in [-0.15, -0.1) is 6.58 Å². The second-order valence-electron chi connectivity index (χ2n) is 9.51. The molecule has 3 N–H and O–H groups in total. The van der Waals surface area contributed by atoms with Gasteiger partial charge in [-0.25, -0.2) is 0 Å². The lowest BCUT2D eigenvalue weighted by atomic mass is 9.82. The van der Waals surface area contributed by atoms with Crippen molar-refractivity contribution < 1.29 is 9.90 Å². The molecule has 0 aromatic heterocycles. The van der Waals surface area contributed by atoms with Gasteiger partial charge in [0.1, 0.15) is 0 Å². The van der Waals surface area contributed by atoms with E-state index in [0.29, 0.717) is 24.7 Å². The van der Waals surface area contributed by atoms with Gasteiger partial charge in [0.25, 0.3) is 0 Å². The molecule has 0 heterocycles. The van der Waals surface area contributed by atoms with Crippen LogP contribution in [0.5, 0.6) is 0 Å². The molecule has 0 spiro atoms. The summed E-state index contributed by atoms with van der Waals surface area (Å²) in [6, 6.07) is 0.0843. The van der Waals surface area contributed by atoms with Gasteiger partial charge in [-0.1, -0.05) is 65.4 Å². The zero-order chi connectivity index (χ0) is 21.5. The number of hydrogen-bond donors (Lipinski definition) is 3. The van der Waals surface area contributed by atoms with E-state index in [1.807, 2.05) is 6.08 Å². The molecule has 0 bridgehead atoms. The first-order valence-electron chi connectivity index (χ1n) is 12.3. The molecule has 1 aliphatic carbocycles. The van der Waals surface area contributed by atoms with E-state index in [9.17, 15) is 9.90 Å². The van der Waals surface area contributed by atoms with Gasteiger partial charge in [-0.2, -0.15) is 0 Å². The zero-order valence-electron chi connectivity index (χ0n) is 19.4. The van der Waals surface area contributed by atoms with Gasteiger partial charge >= 0.3 is 0 Å². The smallest absolute Gasteiger partial charge is 0.223 e. The van der Waals surface area contributed by atoms with E-state index in [-0.39, 0.29) is 17.9 Å². The average molecular weight is 409 g/mol. The molecular formula is C25H48N2O2. The third-order valence-corrected chi connectivity index (χ3v) is 6.32. The standard InChI is InChI=1S/C25H48N2O2/c1-5-7-16-27-25(29)22(12-6-2)19-24(28)23(26-17-11-13-20(3)4)18-21-14-9-8-10-15-21/h6,20-24,26,28H,2,5,7-19H2,1,3-4H3,(H,27,29). The van der Waals surface area contributed by atoms with E-state index in [0.717, 1.165) is 38.8 Å². The maximum Gasteiger partial charge on any atom is 0.223 e. The van der Waals surface area contributed by atoms with Crippen LogP contribution in [-0.2, 0) is 4.79 Å². The Morgan fingerprint density at radius 1 is 1.17 bits per heavy atom. The number of carbonyl (C=O) groups excluding carboxylic acids is 1. The van der Waals surface area contributed by atoms with E-state index in [2.05, 4.69) is 38.0 Å². The molecule has 4 heteroatoms. The molecule has 0 aromatic carbocycles. The van der Waals surface area contributed by atoms with Gasteiger partial charge in [-0.3, -0.25) is 4.79 Å². The van der Waals surface area contributed by atoms with Gasteiger partial charge in [0, 0.05) is 18.5 Å². The SMILES string of the molecule is C=CCC(CC(O)C(CC1CCCCC1)NCCCC(C)C)C(=O)NCCCC. The fraction of sp³-hybridized carbons (Fsp3) is 0.880. The van der Waals surface area contributed by atoms with Crippen LogP contribution in [0.25, 0.3) is 0 Å². The third kappa shape index (κ3) is 11.8. The number of rotatable bonds is 16. The number of carbonyl (C=O) groups is 1. The molecule has 0 saturated heterocycles. The largest absolute Gasteiger partial charge is 0.391 e. The van der Waals surface area contributed by atoms with Crippen molar-refractivity contribution in [1.29, 1.82) is 0 Å². The van der Waals surface area contributed by atoms with Crippen molar-refractivity contribution in [3.8, 4) is 0 Å². The first kappa shape index (κ1) is 26.2. The van der Waals surface area contributed by atoms with E-state index < -0.39 is 6.10 Å². The summed E-state index contributed by atoms with van der Waals surface area (Å²) < 4.78 is 0. The van der Waals surface area contributed by atoms with Crippen molar-refractivity contribution >= 4 is 5.91 Å². The highest BCUT2D eigenvalue weighted by Gasteiger charge is 2.28. The number of hydrogen-bond acceptors (Lipinski definition) is 3. The Bertz CT molecular complexity index is 433. The van der Waals surface area contributed by atoms with Crippen molar-refractivity contribution in [2.24, 2.45) is 17.8 Å². The van der Waals surface area contributed by atoms with E-state index in [1.165, 1.54) is 38.5 Å². The zero-order valence-corrected chi connectivity index (χ0v) is 19.4. The highest BCUT2D eigenvalue weighted by Crippen LogP contribution is 2.29. The minimum Gasteiger partial charge on any atom is -0.391 e. The molecule has 3 atom stereocenters. The third-order valence-electron chi connectivity index (χ3n) is 6.32. The van der Waals surface area contributed by atoms with Crippen molar-refractivity contribution in [1.82, 2.24) is 10.6 Å². The summed E-state index contributed by atoms with van der Waals surface area (Å²) >= 11 is 0. The van der Waals surface area contributed by atoms with Crippen LogP contribution in [0.15, 0.2) is 12.7 Å². The summed E-state index contributed by atoms with van der Waals surface area (Å²) in [4.78, 5) is 12.6. The van der Waals surface area contributed by atoms with E-state index in [1.54, 1.807) is 0 Å². The molecule has 170 valence electrons. The van der Waals surface area contributed by atoms with Crippen molar-refractivity contribution in [2.75, 3.05) is 13.1 Å². The fourth-order valence-electron chi connectivity index (χ4n) is 4.46. The Morgan fingerprint density at radius 2 is 1.90 bits per heavy atom. The first-order valence-corrected chi connectivity index (χ1v) is 12.3. The van der Waals surface area contributed by atoms with Crippen LogP contribution in [0.1, 0.15) is 97.8 Å². The van der Waals surface area contributed by atoms with Crippen molar-refractivity contribution in [3.05, 3.63) is 12.7 Å². The minimum atomic E-state index is -0.488. The molecule has 1 fully saturated rings. The maximum atomic E-state index is 12.6. The van der Waals surface area contributed by atoms with Crippen LogP contribution in [0.3, 0.4) is 0 Å². The predicted molar refractivity (Wildman–Crippen MR) is 124 cm³/mol. The molecule has 0 aromatic rings. The van der Waals surface area contributed by atoms with Gasteiger partial charge in [-0.05, 0) is 56.9 Å². The second-order valence-corrected chi connectivity index (χ2v) is 9.51. The summed E-state index contributed by atoms with van der Waals surface area (Å²) in [7, 11) is 0. The molecule has 1 aliphatic rings. The number of allylic oxidation sites excluding steroid dienone is 1. The topological polar surface area (TPSA) is 61.4 Å². The van der Waals surface area contributed by atoms with Crippen LogP contribution >= 0.6 is 0 Å². The summed E-state index contributed by atoms with van der Waals surface area (Å²) in [5.41, 5.74) is 0. The van der Waals surface area contributed by atoms with Gasteiger partial charge in [0.15, 0.2) is 0 Å². The van der Waals surface area contributed by atoms with E-state index >= 15 is 0 Å². The Kier molecular flexibility index (Phi) is 14.3. The molecule has 0 radical (unpaired) electrons. The van der Waals surface area contributed by atoms with Crippen LogP contribution < -0.4 is 10.6 Å². The number of aliphatic hydroxyl groups excluding tert-OH is 1. The summed E-state index contributed by atoms with van der Waals surface area (Å²) in [6.07, 6.45) is 14.4. The summed E-state index contributed by atoms with van der Waals surface area (Å²) in [5, 5.41) is 17.8. The van der Waals surface area contributed by atoms with Crippen LogP contribution in [-0.4, -0.2) is 36.2 Å².